The summed E-state index contributed by atoms with van der Waals surface area (Å²) in [5, 5.41) is 26.0. The van der Waals surface area contributed by atoms with Crippen LogP contribution in [0.15, 0.2) is 35.3 Å². The van der Waals surface area contributed by atoms with Crippen LogP contribution in [0.3, 0.4) is 0 Å². The van der Waals surface area contributed by atoms with Crippen LogP contribution in [0.1, 0.15) is 25.3 Å². The zero-order chi connectivity index (χ0) is 18.0. The number of hydrogen-bond donors (Lipinski definition) is 4. The molecule has 4 N–H and O–H groups in total. The van der Waals surface area contributed by atoms with E-state index in [1.54, 1.807) is 0 Å². The van der Waals surface area contributed by atoms with Gasteiger partial charge in [0.15, 0.2) is 5.96 Å². The Morgan fingerprint density at radius 3 is 2.69 bits per heavy atom. The van der Waals surface area contributed by atoms with Gasteiger partial charge in [-0.1, -0.05) is 30.3 Å². The Labute approximate surface area is 173 Å². The first-order valence-corrected chi connectivity index (χ1v) is 9.10. The lowest BCUT2D eigenvalue weighted by atomic mass is 9.84. The molecular formula is C19H32IN3O3. The molecule has 1 aromatic rings. The van der Waals surface area contributed by atoms with Crippen molar-refractivity contribution in [2.75, 3.05) is 39.5 Å². The van der Waals surface area contributed by atoms with Crippen molar-refractivity contribution in [3.63, 3.8) is 0 Å². The first-order valence-electron chi connectivity index (χ1n) is 9.10. The third-order valence-corrected chi connectivity index (χ3v) is 4.56. The molecule has 1 fully saturated rings. The van der Waals surface area contributed by atoms with Crippen LogP contribution >= 0.6 is 24.0 Å². The van der Waals surface area contributed by atoms with Crippen molar-refractivity contribution in [1.82, 2.24) is 10.6 Å². The third kappa shape index (κ3) is 7.77. The predicted octanol–water partition coefficient (Wildman–Crippen LogP) is 1.55. The van der Waals surface area contributed by atoms with Crippen molar-refractivity contribution in [2.45, 2.75) is 32.3 Å². The lowest BCUT2D eigenvalue weighted by Gasteiger charge is -2.25. The van der Waals surface area contributed by atoms with E-state index in [4.69, 9.17) is 4.74 Å². The maximum absolute atomic E-state index is 10.2. The molecule has 6 nitrogen and oxygen atoms in total. The Balaban J connectivity index is 0.00000338. The molecule has 1 aromatic carbocycles. The first kappa shape index (κ1) is 23.1. The Morgan fingerprint density at radius 2 is 2.08 bits per heavy atom. The van der Waals surface area contributed by atoms with Crippen LogP contribution < -0.4 is 10.6 Å². The fraction of sp³-hybridized carbons (Fsp3) is 0.632. The van der Waals surface area contributed by atoms with Gasteiger partial charge in [-0.25, -0.2) is 0 Å². The number of ether oxygens (including phenoxy) is 1. The summed E-state index contributed by atoms with van der Waals surface area (Å²) in [5.74, 6) is 0.693. The standard InChI is InChI=1S/C19H31N3O3.HI/c1-2-20-18(22-14-19(8-10-23)9-11-25-15-19)21-13-17(24)12-16-6-4-3-5-7-16;/h3-7,17,23-24H,2,8-15H2,1H3,(H2,20,21,22);1H. The molecule has 1 aliphatic heterocycles. The summed E-state index contributed by atoms with van der Waals surface area (Å²) in [6.07, 6.45) is 1.75. The third-order valence-electron chi connectivity index (χ3n) is 4.56. The van der Waals surface area contributed by atoms with Gasteiger partial charge in [-0.3, -0.25) is 4.99 Å². The molecule has 26 heavy (non-hydrogen) atoms. The van der Waals surface area contributed by atoms with Gasteiger partial charge in [0.25, 0.3) is 0 Å². The van der Waals surface area contributed by atoms with Crippen LogP contribution in [-0.4, -0.2) is 61.7 Å². The van der Waals surface area contributed by atoms with Gasteiger partial charge in [-0.2, -0.15) is 0 Å². The van der Waals surface area contributed by atoms with Crippen LogP contribution in [-0.2, 0) is 11.2 Å². The highest BCUT2D eigenvalue weighted by molar-refractivity contribution is 14.0. The molecule has 7 heteroatoms. The number of aliphatic imine (C=N–C) groups is 1. The minimum atomic E-state index is -0.479. The predicted molar refractivity (Wildman–Crippen MR) is 115 cm³/mol. The molecule has 0 aliphatic carbocycles. The van der Waals surface area contributed by atoms with Crippen LogP contribution in [0.2, 0.25) is 0 Å². The van der Waals surface area contributed by atoms with Crippen molar-refractivity contribution in [1.29, 1.82) is 0 Å². The number of nitrogens with one attached hydrogen (secondary N) is 2. The summed E-state index contributed by atoms with van der Waals surface area (Å²) in [6.45, 7) is 5.34. The molecule has 0 saturated carbocycles. The van der Waals surface area contributed by atoms with Crippen LogP contribution in [0, 0.1) is 5.41 Å². The van der Waals surface area contributed by atoms with Crippen molar-refractivity contribution >= 4 is 29.9 Å². The molecule has 148 valence electrons. The average molecular weight is 477 g/mol. The Morgan fingerprint density at radius 1 is 1.31 bits per heavy atom. The molecule has 0 amide bonds. The molecule has 0 spiro atoms. The molecule has 2 unspecified atom stereocenters. The molecule has 1 heterocycles. The van der Waals surface area contributed by atoms with Crippen molar-refractivity contribution in [3.05, 3.63) is 35.9 Å². The lowest BCUT2D eigenvalue weighted by Crippen LogP contribution is -2.42. The second kappa shape index (κ2) is 12.5. The Bertz CT molecular complexity index is 522. The molecular weight excluding hydrogens is 445 g/mol. The summed E-state index contributed by atoms with van der Waals surface area (Å²) in [4.78, 5) is 4.66. The number of rotatable bonds is 9. The highest BCUT2D eigenvalue weighted by Gasteiger charge is 2.34. The number of hydrogen-bond acceptors (Lipinski definition) is 4. The van der Waals surface area contributed by atoms with Gasteiger partial charge in [-0.15, -0.1) is 24.0 Å². The zero-order valence-electron chi connectivity index (χ0n) is 15.5. The van der Waals surface area contributed by atoms with Gasteiger partial charge >= 0.3 is 0 Å². The van der Waals surface area contributed by atoms with Gasteiger partial charge in [0.05, 0.1) is 19.3 Å². The number of halogens is 1. The number of aliphatic hydroxyl groups is 2. The number of aliphatic hydroxyl groups excluding tert-OH is 2. The normalized spacial score (nSPS) is 21.1. The van der Waals surface area contributed by atoms with Gasteiger partial charge in [0.1, 0.15) is 0 Å². The van der Waals surface area contributed by atoms with Gasteiger partial charge in [0, 0.05) is 38.1 Å². The largest absolute Gasteiger partial charge is 0.396 e. The minimum absolute atomic E-state index is 0. The second-order valence-electron chi connectivity index (χ2n) is 6.70. The summed E-state index contributed by atoms with van der Waals surface area (Å²) in [5.41, 5.74) is 1.04. The number of benzene rings is 1. The van der Waals surface area contributed by atoms with E-state index >= 15 is 0 Å². The molecule has 0 aromatic heterocycles. The minimum Gasteiger partial charge on any atom is -0.396 e. The Hall–Kier alpha value is -0.900. The zero-order valence-corrected chi connectivity index (χ0v) is 17.8. The molecule has 0 bridgehead atoms. The number of guanidine groups is 1. The maximum atomic E-state index is 10.2. The monoisotopic (exact) mass is 477 g/mol. The van der Waals surface area contributed by atoms with E-state index in [1.807, 2.05) is 37.3 Å². The van der Waals surface area contributed by atoms with E-state index < -0.39 is 6.10 Å². The Kier molecular flexibility index (Phi) is 11.1. The summed E-state index contributed by atoms with van der Waals surface area (Å²) < 4.78 is 5.51. The second-order valence-corrected chi connectivity index (χ2v) is 6.70. The van der Waals surface area contributed by atoms with E-state index in [0.29, 0.717) is 38.5 Å². The highest BCUT2D eigenvalue weighted by Crippen LogP contribution is 2.32. The lowest BCUT2D eigenvalue weighted by molar-refractivity contribution is 0.131. The number of nitrogens with zero attached hydrogens (tertiary/aromatic N) is 1. The van der Waals surface area contributed by atoms with E-state index in [2.05, 4.69) is 15.6 Å². The summed E-state index contributed by atoms with van der Waals surface area (Å²) in [6, 6.07) is 9.96. The smallest absolute Gasteiger partial charge is 0.191 e. The van der Waals surface area contributed by atoms with Gasteiger partial charge in [0.2, 0.25) is 0 Å². The van der Waals surface area contributed by atoms with Crippen LogP contribution in [0.25, 0.3) is 0 Å². The van der Waals surface area contributed by atoms with Crippen LogP contribution in [0.4, 0.5) is 0 Å². The molecule has 2 atom stereocenters. The van der Waals surface area contributed by atoms with Crippen LogP contribution in [0.5, 0.6) is 0 Å². The van der Waals surface area contributed by atoms with E-state index in [1.165, 1.54) is 0 Å². The van der Waals surface area contributed by atoms with Crippen molar-refractivity contribution < 1.29 is 14.9 Å². The molecule has 1 aliphatic rings. The van der Waals surface area contributed by atoms with Crippen molar-refractivity contribution in [2.24, 2.45) is 10.4 Å². The summed E-state index contributed by atoms with van der Waals surface area (Å²) in [7, 11) is 0. The summed E-state index contributed by atoms with van der Waals surface area (Å²) >= 11 is 0. The fourth-order valence-electron chi connectivity index (χ4n) is 3.05. The topological polar surface area (TPSA) is 86.1 Å². The van der Waals surface area contributed by atoms with E-state index in [-0.39, 0.29) is 36.0 Å². The highest BCUT2D eigenvalue weighted by atomic mass is 127. The fourth-order valence-corrected chi connectivity index (χ4v) is 3.05. The van der Waals surface area contributed by atoms with Crippen molar-refractivity contribution in [3.8, 4) is 0 Å². The quantitative estimate of drug-likeness (QED) is 0.247. The first-order chi connectivity index (χ1) is 12.2. The van der Waals surface area contributed by atoms with Gasteiger partial charge < -0.3 is 25.6 Å². The molecule has 2 rings (SSSR count). The molecule has 0 radical (unpaired) electrons. The average Bonchev–Trinajstić information content (AvgIpc) is 3.07. The molecule has 1 saturated heterocycles. The van der Waals surface area contributed by atoms with E-state index in [9.17, 15) is 10.2 Å². The maximum Gasteiger partial charge on any atom is 0.191 e. The SMILES string of the molecule is CCNC(=NCC1(CCO)CCOC1)NCC(O)Cc1ccccc1.I. The van der Waals surface area contributed by atoms with E-state index in [0.717, 1.165) is 25.1 Å². The van der Waals surface area contributed by atoms with Gasteiger partial charge in [-0.05, 0) is 25.3 Å².